The molecular formula is C22H26FN7O2. The van der Waals surface area contributed by atoms with Crippen molar-refractivity contribution in [3.63, 3.8) is 0 Å². The lowest BCUT2D eigenvalue weighted by Gasteiger charge is -2.13. The summed E-state index contributed by atoms with van der Waals surface area (Å²) in [5, 5.41) is 19.4. The van der Waals surface area contributed by atoms with Gasteiger partial charge in [0, 0.05) is 36.3 Å². The van der Waals surface area contributed by atoms with Gasteiger partial charge in [0.25, 0.3) is 0 Å². The summed E-state index contributed by atoms with van der Waals surface area (Å²) in [7, 11) is 0. The number of benzene rings is 1. The van der Waals surface area contributed by atoms with Crippen molar-refractivity contribution in [2.45, 2.75) is 13.8 Å². The van der Waals surface area contributed by atoms with Crippen molar-refractivity contribution in [3.8, 4) is 0 Å². The number of halogens is 1. The summed E-state index contributed by atoms with van der Waals surface area (Å²) >= 11 is 0. The lowest BCUT2D eigenvalue weighted by molar-refractivity contribution is 0.0992. The van der Waals surface area contributed by atoms with Crippen LogP contribution in [0.1, 0.15) is 18.1 Å². The third kappa shape index (κ3) is 6.96. The van der Waals surface area contributed by atoms with Crippen LogP contribution < -0.4 is 16.1 Å². The third-order valence-electron chi connectivity index (χ3n) is 4.40. The molecule has 0 spiro atoms. The van der Waals surface area contributed by atoms with Crippen LogP contribution in [0.25, 0.3) is 0 Å². The predicted octanol–water partition coefficient (Wildman–Crippen LogP) is 3.32. The lowest BCUT2D eigenvalue weighted by atomic mass is 10.2. The van der Waals surface area contributed by atoms with E-state index in [4.69, 9.17) is 9.84 Å². The van der Waals surface area contributed by atoms with E-state index in [-0.39, 0.29) is 25.0 Å². The summed E-state index contributed by atoms with van der Waals surface area (Å²) in [5.74, 6) is 0.899. The topological polar surface area (TPSA) is 117 Å². The van der Waals surface area contributed by atoms with E-state index in [2.05, 4.69) is 36.1 Å². The van der Waals surface area contributed by atoms with E-state index in [0.29, 0.717) is 30.5 Å². The first-order chi connectivity index (χ1) is 15.5. The number of hydrazone groups is 1. The van der Waals surface area contributed by atoms with Crippen molar-refractivity contribution in [1.29, 1.82) is 0 Å². The van der Waals surface area contributed by atoms with Crippen LogP contribution in [0, 0.1) is 12.7 Å². The zero-order chi connectivity index (χ0) is 22.8. The van der Waals surface area contributed by atoms with Gasteiger partial charge in [-0.25, -0.2) is 4.39 Å². The lowest BCUT2D eigenvalue weighted by Crippen LogP contribution is -2.13. The fraction of sp³-hybridized carbons (Fsp3) is 0.273. The molecule has 3 rings (SSSR count). The van der Waals surface area contributed by atoms with Gasteiger partial charge in [0.1, 0.15) is 11.6 Å². The minimum Gasteiger partial charge on any atom is -0.394 e. The molecule has 1 aromatic carbocycles. The van der Waals surface area contributed by atoms with Crippen molar-refractivity contribution >= 4 is 29.0 Å². The highest BCUT2D eigenvalue weighted by atomic mass is 19.1. The highest BCUT2D eigenvalue weighted by molar-refractivity contribution is 5.98. The van der Waals surface area contributed by atoms with Gasteiger partial charge in [0.05, 0.1) is 25.5 Å². The van der Waals surface area contributed by atoms with E-state index in [1.165, 1.54) is 12.1 Å². The molecule has 0 saturated carbocycles. The van der Waals surface area contributed by atoms with Crippen molar-refractivity contribution < 1.29 is 14.2 Å². The van der Waals surface area contributed by atoms with Gasteiger partial charge in [-0.3, -0.25) is 10.4 Å². The molecule has 9 nitrogen and oxygen atoms in total. The Hall–Kier alpha value is -3.63. The number of pyridine rings is 1. The predicted molar refractivity (Wildman–Crippen MR) is 123 cm³/mol. The quantitative estimate of drug-likeness (QED) is 0.204. The monoisotopic (exact) mass is 439 g/mol. The maximum absolute atomic E-state index is 13.7. The Labute approximate surface area is 185 Å². The molecule has 10 heteroatoms. The Kier molecular flexibility index (Phi) is 8.41. The largest absolute Gasteiger partial charge is 0.394 e. The van der Waals surface area contributed by atoms with E-state index in [1.54, 1.807) is 24.5 Å². The van der Waals surface area contributed by atoms with Gasteiger partial charge in [-0.2, -0.15) is 15.1 Å². The van der Waals surface area contributed by atoms with Crippen LogP contribution in [0.3, 0.4) is 0 Å². The molecule has 0 unspecified atom stereocenters. The van der Waals surface area contributed by atoms with Gasteiger partial charge in [-0.05, 0) is 43.7 Å². The summed E-state index contributed by atoms with van der Waals surface area (Å²) in [6, 6.07) is 9.90. The molecule has 2 heterocycles. The smallest absolute Gasteiger partial charge is 0.231 e. The molecule has 0 aliphatic heterocycles. The minimum atomic E-state index is -0.357. The van der Waals surface area contributed by atoms with Crippen LogP contribution in [0.15, 0.2) is 53.9 Å². The van der Waals surface area contributed by atoms with E-state index in [1.807, 2.05) is 26.0 Å². The van der Waals surface area contributed by atoms with E-state index >= 15 is 0 Å². The first kappa shape index (κ1) is 23.0. The van der Waals surface area contributed by atoms with Gasteiger partial charge >= 0.3 is 0 Å². The van der Waals surface area contributed by atoms with Crippen LogP contribution in [0.2, 0.25) is 0 Å². The summed E-state index contributed by atoms with van der Waals surface area (Å²) < 4.78 is 18.9. The fourth-order valence-electron chi connectivity index (χ4n) is 2.72. The number of ether oxygens (including phenoxy) is 1. The van der Waals surface area contributed by atoms with Gasteiger partial charge in [-0.15, -0.1) is 0 Å². The summed E-state index contributed by atoms with van der Waals surface area (Å²) in [5.41, 5.74) is 6.05. The molecule has 3 aromatic rings. The number of anilines is 4. The normalized spacial score (nSPS) is 11.3. The second kappa shape index (κ2) is 11.7. The number of aryl methyl sites for hydroxylation is 1. The van der Waals surface area contributed by atoms with Crippen molar-refractivity contribution in [1.82, 2.24) is 15.0 Å². The molecule has 0 atom stereocenters. The Morgan fingerprint density at radius 3 is 2.66 bits per heavy atom. The number of hydrogen-bond acceptors (Lipinski definition) is 9. The molecule has 0 amide bonds. The molecule has 0 radical (unpaired) electrons. The summed E-state index contributed by atoms with van der Waals surface area (Å²) in [4.78, 5) is 12.9. The zero-order valence-electron chi connectivity index (χ0n) is 18.0. The van der Waals surface area contributed by atoms with Crippen molar-refractivity contribution in [3.05, 3.63) is 65.7 Å². The molecule has 4 N–H and O–H groups in total. The highest BCUT2D eigenvalue weighted by Crippen LogP contribution is 2.22. The first-order valence-corrected chi connectivity index (χ1v) is 10.1. The van der Waals surface area contributed by atoms with E-state index in [0.717, 1.165) is 16.8 Å². The first-order valence-electron chi connectivity index (χ1n) is 10.1. The number of nitrogens with zero attached hydrogens (tertiary/aromatic N) is 4. The van der Waals surface area contributed by atoms with Gasteiger partial charge < -0.3 is 20.5 Å². The zero-order valence-corrected chi connectivity index (χ0v) is 18.0. The number of rotatable bonds is 11. The number of nitrogens with one attached hydrogen (secondary N) is 3. The van der Waals surface area contributed by atoms with Crippen LogP contribution in [0.5, 0.6) is 0 Å². The van der Waals surface area contributed by atoms with Gasteiger partial charge in [-0.1, -0.05) is 6.07 Å². The Morgan fingerprint density at radius 1 is 1.09 bits per heavy atom. The number of hydrogen-bond donors (Lipinski definition) is 4. The van der Waals surface area contributed by atoms with Gasteiger partial charge in [0.15, 0.2) is 5.82 Å². The minimum absolute atomic E-state index is 0.0303. The van der Waals surface area contributed by atoms with Crippen LogP contribution in [-0.4, -0.2) is 52.1 Å². The molecule has 0 bridgehead atoms. The molecule has 0 saturated heterocycles. The van der Waals surface area contributed by atoms with Crippen LogP contribution in [0.4, 0.5) is 27.7 Å². The third-order valence-corrected chi connectivity index (χ3v) is 4.40. The molecule has 168 valence electrons. The molecule has 2 aromatic heterocycles. The van der Waals surface area contributed by atoms with Crippen LogP contribution in [-0.2, 0) is 4.74 Å². The van der Waals surface area contributed by atoms with E-state index in [9.17, 15) is 4.39 Å². The highest BCUT2D eigenvalue weighted by Gasteiger charge is 2.08. The molecular weight excluding hydrogens is 413 g/mol. The molecule has 0 aliphatic carbocycles. The Morgan fingerprint density at radius 2 is 1.88 bits per heavy atom. The SMILES string of the molecule is CC(=NNc1cc(NCCOCCO)nc(Nc2cc(F)ccc2C)n1)c1ccncc1. The maximum Gasteiger partial charge on any atom is 0.231 e. The second-order valence-electron chi connectivity index (χ2n) is 6.85. The average molecular weight is 439 g/mol. The molecule has 32 heavy (non-hydrogen) atoms. The van der Waals surface area contributed by atoms with Crippen molar-refractivity contribution in [2.24, 2.45) is 5.10 Å². The average Bonchev–Trinajstić information content (AvgIpc) is 2.80. The second-order valence-corrected chi connectivity index (χ2v) is 6.85. The van der Waals surface area contributed by atoms with Crippen LogP contribution >= 0.6 is 0 Å². The maximum atomic E-state index is 13.7. The van der Waals surface area contributed by atoms with Gasteiger partial charge in [0.2, 0.25) is 5.95 Å². The summed E-state index contributed by atoms with van der Waals surface area (Å²) in [6.45, 7) is 4.86. The Bertz CT molecular complexity index is 1050. The van der Waals surface area contributed by atoms with E-state index < -0.39 is 0 Å². The number of aromatic nitrogens is 3. The number of aliphatic hydroxyl groups is 1. The van der Waals surface area contributed by atoms with Crippen molar-refractivity contribution in [2.75, 3.05) is 42.4 Å². The summed E-state index contributed by atoms with van der Waals surface area (Å²) in [6.07, 6.45) is 3.40. The molecule has 0 fully saturated rings. The molecule has 0 aliphatic rings. The standard InChI is InChI=1S/C22H26FN7O2/c1-15-3-4-18(23)13-19(15)26-22-27-20(25-9-11-32-12-10-31)14-21(28-22)30-29-16(2)17-5-7-24-8-6-17/h3-8,13-14,31H,9-12H2,1-2H3,(H3,25,26,27,28,30). The Balaban J connectivity index is 1.80. The fourth-order valence-corrected chi connectivity index (χ4v) is 2.72. The number of aliphatic hydroxyl groups excluding tert-OH is 1.